The lowest BCUT2D eigenvalue weighted by Gasteiger charge is -2.19. The number of rotatable bonds is 51. The average Bonchev–Trinajstić information content (AvgIpc) is 3.32. The molecule has 3 N–H and O–H groups in total. The van der Waals surface area contributed by atoms with Crippen LogP contribution in [0.15, 0.2) is 72.9 Å². The zero-order valence-corrected chi connectivity index (χ0v) is 44.0. The van der Waals surface area contributed by atoms with Crippen LogP contribution in [0.3, 0.4) is 0 Å². The number of carbonyl (C=O) groups excluding carboxylic acids is 2. The third-order valence-electron chi connectivity index (χ3n) is 11.6. The van der Waals surface area contributed by atoms with E-state index in [-0.39, 0.29) is 38.6 Å². The fraction of sp³-hybridized carbons (Fsp3) is 0.754. The van der Waals surface area contributed by atoms with E-state index in [1.807, 2.05) is 0 Å². The number of nitrogens with two attached hydrogens (primary N) is 1. The van der Waals surface area contributed by atoms with Crippen molar-refractivity contribution in [3.63, 3.8) is 0 Å². The molecule has 0 amide bonds. The summed E-state index contributed by atoms with van der Waals surface area (Å²) in [4.78, 5) is 35.1. The Morgan fingerprint density at radius 2 is 0.821 bits per heavy atom. The Morgan fingerprint density at radius 3 is 1.24 bits per heavy atom. The van der Waals surface area contributed by atoms with Crippen molar-refractivity contribution in [3.05, 3.63) is 72.9 Å². The quantitative estimate of drug-likeness (QED) is 0.0264. The second-order valence-electron chi connectivity index (χ2n) is 18.1. The number of phosphoric acid groups is 1. The number of hydrogen-bond donors (Lipinski definition) is 2. The number of hydrogen-bond acceptors (Lipinski definition) is 8. The third-order valence-corrected chi connectivity index (χ3v) is 12.6. The molecule has 9 nitrogen and oxygen atoms in total. The van der Waals surface area contributed by atoms with E-state index in [0.29, 0.717) is 6.42 Å². The maximum atomic E-state index is 12.7. The van der Waals surface area contributed by atoms with Crippen LogP contribution in [0, 0.1) is 0 Å². The van der Waals surface area contributed by atoms with Crippen molar-refractivity contribution < 1.29 is 37.6 Å². The topological polar surface area (TPSA) is 134 Å². The summed E-state index contributed by atoms with van der Waals surface area (Å²) in [6.07, 6.45) is 66.6. The van der Waals surface area contributed by atoms with Gasteiger partial charge in [-0.1, -0.05) is 222 Å². The minimum Gasteiger partial charge on any atom is -0.462 e. The predicted octanol–water partition coefficient (Wildman–Crippen LogP) is 17.0. The zero-order chi connectivity index (χ0) is 48.8. The summed E-state index contributed by atoms with van der Waals surface area (Å²) in [5.74, 6) is -0.830. The molecule has 0 aromatic rings. The average molecular weight is 960 g/mol. The summed E-state index contributed by atoms with van der Waals surface area (Å²) < 4.78 is 33.0. The highest BCUT2D eigenvalue weighted by atomic mass is 31.2. The first-order valence-corrected chi connectivity index (χ1v) is 28.9. The standard InChI is InChI=1S/C57H102NO8P/c1-3-5-7-9-11-13-15-17-19-21-23-24-25-26-27-28-29-30-32-34-36-38-40-42-44-46-48-50-57(60)66-55(54-65-67(61,62)64-52-51-58)53-63-56(59)49-47-45-43-41-39-37-35-33-31-22-20-18-16-14-12-10-8-6-4-2/h5,7,11,13,17-20,23-24,26-27,55H,3-4,6,8-10,12,14-16,21-22,25,28-54,58H2,1-2H3,(H,61,62)/b7-5-,13-11-,19-17-,20-18-,24-23-,27-26-. The highest BCUT2D eigenvalue weighted by molar-refractivity contribution is 7.47. The van der Waals surface area contributed by atoms with E-state index in [1.165, 1.54) is 135 Å². The van der Waals surface area contributed by atoms with Gasteiger partial charge in [-0.25, -0.2) is 4.57 Å². The molecule has 0 radical (unpaired) electrons. The van der Waals surface area contributed by atoms with Crippen molar-refractivity contribution in [2.75, 3.05) is 26.4 Å². The number of ether oxygens (including phenoxy) is 2. The molecule has 0 saturated heterocycles. The maximum absolute atomic E-state index is 12.7. The van der Waals surface area contributed by atoms with Crippen molar-refractivity contribution in [1.82, 2.24) is 0 Å². The van der Waals surface area contributed by atoms with Gasteiger partial charge in [-0.2, -0.15) is 0 Å². The lowest BCUT2D eigenvalue weighted by Crippen LogP contribution is -2.29. The van der Waals surface area contributed by atoms with Gasteiger partial charge in [0.05, 0.1) is 13.2 Å². The van der Waals surface area contributed by atoms with Gasteiger partial charge >= 0.3 is 19.8 Å². The fourth-order valence-electron chi connectivity index (χ4n) is 7.54. The Balaban J connectivity index is 4.01. The van der Waals surface area contributed by atoms with Crippen molar-refractivity contribution in [3.8, 4) is 0 Å². The number of unbranched alkanes of at least 4 members (excludes halogenated alkanes) is 26. The first kappa shape index (κ1) is 64.5. The van der Waals surface area contributed by atoms with Crippen molar-refractivity contribution in [1.29, 1.82) is 0 Å². The monoisotopic (exact) mass is 960 g/mol. The Kier molecular flexibility index (Phi) is 50.8. The summed E-state index contributed by atoms with van der Waals surface area (Å²) in [5.41, 5.74) is 5.38. The molecular weight excluding hydrogens is 858 g/mol. The number of esters is 2. The predicted molar refractivity (Wildman–Crippen MR) is 284 cm³/mol. The second-order valence-corrected chi connectivity index (χ2v) is 19.5. The molecule has 2 unspecified atom stereocenters. The van der Waals surface area contributed by atoms with Crippen LogP contribution in [0.2, 0.25) is 0 Å². The van der Waals surface area contributed by atoms with Gasteiger partial charge in [0.25, 0.3) is 0 Å². The van der Waals surface area contributed by atoms with E-state index in [2.05, 4.69) is 86.8 Å². The molecule has 0 heterocycles. The van der Waals surface area contributed by atoms with E-state index in [1.54, 1.807) is 0 Å². The molecule has 0 rings (SSSR count). The molecule has 0 bridgehead atoms. The molecule has 0 aliphatic heterocycles. The van der Waals surface area contributed by atoms with Gasteiger partial charge in [-0.15, -0.1) is 0 Å². The summed E-state index contributed by atoms with van der Waals surface area (Å²) >= 11 is 0. The van der Waals surface area contributed by atoms with Crippen molar-refractivity contribution in [2.45, 2.75) is 251 Å². The Bertz CT molecular complexity index is 1320. The van der Waals surface area contributed by atoms with Crippen molar-refractivity contribution in [2.24, 2.45) is 5.73 Å². The first-order chi connectivity index (χ1) is 32.8. The van der Waals surface area contributed by atoms with E-state index < -0.39 is 26.5 Å². The summed E-state index contributed by atoms with van der Waals surface area (Å²) in [6, 6.07) is 0. The molecule has 0 saturated carbocycles. The molecule has 0 aliphatic rings. The molecule has 0 aromatic heterocycles. The molecule has 10 heteroatoms. The van der Waals surface area contributed by atoms with E-state index >= 15 is 0 Å². The van der Waals surface area contributed by atoms with Crippen LogP contribution < -0.4 is 5.73 Å². The van der Waals surface area contributed by atoms with Gasteiger partial charge in [0.1, 0.15) is 6.61 Å². The molecule has 388 valence electrons. The van der Waals surface area contributed by atoms with E-state index in [9.17, 15) is 19.0 Å². The largest absolute Gasteiger partial charge is 0.472 e. The van der Waals surface area contributed by atoms with Crippen LogP contribution in [0.4, 0.5) is 0 Å². The minimum absolute atomic E-state index is 0.0505. The van der Waals surface area contributed by atoms with E-state index in [0.717, 1.165) is 77.0 Å². The van der Waals surface area contributed by atoms with Crippen LogP contribution in [0.1, 0.15) is 245 Å². The SMILES string of the molecule is CC/C=C\C/C=C\C/C=C\C/C=C\C/C=C\CCCCCCCCCCCCCC(=O)OC(COC(=O)CCCCCCCCCCC/C=C\CCCCCCCC)COP(=O)(O)OCCN. The van der Waals surface area contributed by atoms with Crippen LogP contribution in [-0.2, 0) is 32.7 Å². The van der Waals surface area contributed by atoms with Gasteiger partial charge in [-0.05, 0) is 83.5 Å². The first-order valence-electron chi connectivity index (χ1n) is 27.4. The van der Waals surface area contributed by atoms with Gasteiger partial charge in [0.15, 0.2) is 6.10 Å². The molecule has 67 heavy (non-hydrogen) atoms. The summed E-state index contributed by atoms with van der Waals surface area (Å²) in [7, 11) is -4.39. The Labute approximate surface area is 411 Å². The van der Waals surface area contributed by atoms with Crippen LogP contribution in [0.25, 0.3) is 0 Å². The summed E-state index contributed by atoms with van der Waals surface area (Å²) in [5, 5.41) is 0. The normalized spacial score (nSPS) is 13.7. The molecule has 0 aromatic carbocycles. The second kappa shape index (κ2) is 52.8. The van der Waals surface area contributed by atoms with Crippen LogP contribution >= 0.6 is 7.82 Å². The molecule has 0 fully saturated rings. The maximum Gasteiger partial charge on any atom is 0.472 e. The van der Waals surface area contributed by atoms with Crippen molar-refractivity contribution >= 4 is 19.8 Å². The Morgan fingerprint density at radius 1 is 0.463 bits per heavy atom. The fourth-order valence-corrected chi connectivity index (χ4v) is 8.31. The van der Waals surface area contributed by atoms with Gasteiger partial charge < -0.3 is 20.1 Å². The smallest absolute Gasteiger partial charge is 0.462 e. The zero-order valence-electron chi connectivity index (χ0n) is 43.1. The highest BCUT2D eigenvalue weighted by Gasteiger charge is 2.26. The molecule has 2 atom stereocenters. The molecular formula is C57H102NO8P. The van der Waals surface area contributed by atoms with Crippen LogP contribution in [0.5, 0.6) is 0 Å². The third kappa shape index (κ3) is 52.7. The van der Waals surface area contributed by atoms with E-state index in [4.69, 9.17) is 24.3 Å². The highest BCUT2D eigenvalue weighted by Crippen LogP contribution is 2.43. The van der Waals surface area contributed by atoms with Gasteiger partial charge in [0.2, 0.25) is 0 Å². The lowest BCUT2D eigenvalue weighted by molar-refractivity contribution is -0.161. The minimum atomic E-state index is -4.39. The summed E-state index contributed by atoms with van der Waals surface area (Å²) in [6.45, 7) is 3.64. The number of allylic oxidation sites excluding steroid dienone is 12. The van der Waals surface area contributed by atoms with Crippen LogP contribution in [-0.4, -0.2) is 49.3 Å². The number of carbonyl (C=O) groups is 2. The lowest BCUT2D eigenvalue weighted by atomic mass is 10.0. The molecule has 0 aliphatic carbocycles. The van der Waals surface area contributed by atoms with Gasteiger partial charge in [0, 0.05) is 19.4 Å². The molecule has 0 spiro atoms. The Hall–Kier alpha value is -2.55. The van der Waals surface area contributed by atoms with Gasteiger partial charge in [-0.3, -0.25) is 18.6 Å². The number of phosphoric ester groups is 1.